The maximum absolute atomic E-state index is 11.9. The summed E-state index contributed by atoms with van der Waals surface area (Å²) in [7, 11) is -4.28. The van der Waals surface area contributed by atoms with Gasteiger partial charge in [-0.2, -0.15) is 0 Å². The second-order valence-corrected chi connectivity index (χ2v) is 17.2. The van der Waals surface area contributed by atoms with Crippen LogP contribution in [0.25, 0.3) is 0 Å². The highest BCUT2D eigenvalue weighted by molar-refractivity contribution is 7.93. The lowest BCUT2D eigenvalue weighted by molar-refractivity contribution is -0.137. The molecule has 4 aromatic rings. The Labute approximate surface area is 226 Å². The summed E-state index contributed by atoms with van der Waals surface area (Å²) in [6.45, 7) is 0. The van der Waals surface area contributed by atoms with E-state index in [1.807, 2.05) is 72.8 Å². The van der Waals surface area contributed by atoms with Crippen LogP contribution in [0.15, 0.2) is 121 Å². The second-order valence-electron chi connectivity index (χ2n) is 9.46. The second kappa shape index (κ2) is 13.0. The van der Waals surface area contributed by atoms with E-state index in [0.717, 1.165) is 12.3 Å². The zero-order chi connectivity index (χ0) is 26.8. The summed E-state index contributed by atoms with van der Waals surface area (Å²) < 4.78 is 0. The Hall–Kier alpha value is -3.32. The van der Waals surface area contributed by atoms with Gasteiger partial charge in [-0.25, -0.2) is 0 Å². The van der Waals surface area contributed by atoms with Crippen molar-refractivity contribution in [3.05, 3.63) is 121 Å². The largest absolute Gasteiger partial charge is 0.481 e. The van der Waals surface area contributed by atoms with Gasteiger partial charge in [0, 0.05) is 0 Å². The zero-order valence-electron chi connectivity index (χ0n) is 21.4. The molecular weight excluding hydrogens is 510 g/mol. The van der Waals surface area contributed by atoms with Crippen LogP contribution in [-0.4, -0.2) is 46.8 Å². The highest BCUT2D eigenvalue weighted by Crippen LogP contribution is 2.64. The van der Waals surface area contributed by atoms with E-state index < -0.39 is 26.5 Å². The number of benzene rings is 4. The Morgan fingerprint density at radius 1 is 0.421 bits per heavy atom. The quantitative estimate of drug-likeness (QED) is 0.225. The summed E-state index contributed by atoms with van der Waals surface area (Å²) in [5, 5.41) is 24.3. The van der Waals surface area contributed by atoms with E-state index in [1.54, 1.807) is 0 Å². The number of carboxylic acid groups (broad SMARTS) is 2. The lowest BCUT2D eigenvalue weighted by atomic mass is 10.4. The highest BCUT2D eigenvalue weighted by Gasteiger charge is 2.50. The lowest BCUT2D eigenvalue weighted by Gasteiger charge is -2.32. The predicted molar refractivity (Wildman–Crippen MR) is 162 cm³/mol. The fraction of sp³-hybridized carbons (Fsp3) is 0.188. The molecule has 194 valence electrons. The van der Waals surface area contributed by atoms with Gasteiger partial charge in [-0.3, -0.25) is 9.59 Å². The lowest BCUT2D eigenvalue weighted by Crippen LogP contribution is -2.34. The molecular formula is C32H34O4P2+2. The smallest absolute Gasteiger partial charge is 0.307 e. The summed E-state index contributed by atoms with van der Waals surface area (Å²) in [5.41, 5.74) is 0. The van der Waals surface area contributed by atoms with Crippen molar-refractivity contribution in [2.75, 3.05) is 24.6 Å². The van der Waals surface area contributed by atoms with E-state index in [0.29, 0.717) is 12.3 Å². The van der Waals surface area contributed by atoms with Crippen molar-refractivity contribution in [1.82, 2.24) is 0 Å². The first-order valence-corrected chi connectivity index (χ1v) is 17.2. The Balaban J connectivity index is 1.89. The SMILES string of the molecule is O=C(O)CC[P+](CC[P+](CCC(=O)O)(c1ccccc1)c1ccccc1)(c1ccccc1)c1ccccc1. The van der Waals surface area contributed by atoms with Crippen LogP contribution in [0.1, 0.15) is 12.8 Å². The van der Waals surface area contributed by atoms with Gasteiger partial charge in [0.25, 0.3) is 0 Å². The third kappa shape index (κ3) is 6.38. The average Bonchev–Trinajstić information content (AvgIpc) is 2.96. The number of carbonyl (C=O) groups is 2. The van der Waals surface area contributed by atoms with Gasteiger partial charge in [0.15, 0.2) is 0 Å². The van der Waals surface area contributed by atoms with Crippen LogP contribution in [0, 0.1) is 0 Å². The van der Waals surface area contributed by atoms with Gasteiger partial charge in [0.1, 0.15) is 12.3 Å². The van der Waals surface area contributed by atoms with Crippen LogP contribution in [0.2, 0.25) is 0 Å². The van der Waals surface area contributed by atoms with Gasteiger partial charge in [0.2, 0.25) is 0 Å². The maximum atomic E-state index is 11.9. The Morgan fingerprint density at radius 2 is 0.658 bits per heavy atom. The fourth-order valence-corrected chi connectivity index (χ4v) is 15.3. The molecule has 6 heteroatoms. The first-order chi connectivity index (χ1) is 18.5. The van der Waals surface area contributed by atoms with Gasteiger partial charge < -0.3 is 10.2 Å². The van der Waals surface area contributed by atoms with E-state index in [4.69, 9.17) is 0 Å². The molecule has 4 aromatic carbocycles. The summed E-state index contributed by atoms with van der Waals surface area (Å²) in [5.74, 6) is -1.58. The van der Waals surface area contributed by atoms with Crippen molar-refractivity contribution in [3.8, 4) is 0 Å². The van der Waals surface area contributed by atoms with Gasteiger partial charge in [0.05, 0.1) is 60.9 Å². The molecule has 4 rings (SSSR count). The number of carboxylic acids is 2. The molecule has 38 heavy (non-hydrogen) atoms. The van der Waals surface area contributed by atoms with Gasteiger partial charge in [-0.05, 0) is 48.5 Å². The highest BCUT2D eigenvalue weighted by atomic mass is 31.2. The molecule has 0 aromatic heterocycles. The van der Waals surface area contributed by atoms with Crippen molar-refractivity contribution in [2.45, 2.75) is 12.8 Å². The number of hydrogen-bond acceptors (Lipinski definition) is 2. The van der Waals surface area contributed by atoms with Crippen molar-refractivity contribution in [2.24, 2.45) is 0 Å². The summed E-state index contributed by atoms with van der Waals surface area (Å²) >= 11 is 0. The summed E-state index contributed by atoms with van der Waals surface area (Å²) in [6.07, 6.45) is 2.94. The molecule has 0 atom stereocenters. The van der Waals surface area contributed by atoms with Gasteiger partial charge in [-0.15, -0.1) is 0 Å². The Kier molecular flexibility index (Phi) is 9.45. The minimum atomic E-state index is -2.14. The molecule has 0 saturated carbocycles. The molecule has 0 aliphatic carbocycles. The van der Waals surface area contributed by atoms with Gasteiger partial charge in [-0.1, -0.05) is 72.8 Å². The molecule has 0 aliphatic heterocycles. The van der Waals surface area contributed by atoms with Crippen LogP contribution < -0.4 is 21.2 Å². The number of rotatable bonds is 13. The van der Waals surface area contributed by atoms with Crippen LogP contribution >= 0.6 is 14.5 Å². The van der Waals surface area contributed by atoms with E-state index in [2.05, 4.69) is 48.5 Å². The van der Waals surface area contributed by atoms with Crippen molar-refractivity contribution < 1.29 is 19.8 Å². The molecule has 0 aliphatic rings. The Bertz CT molecular complexity index is 1130. The molecule has 0 bridgehead atoms. The molecule has 0 fully saturated rings. The van der Waals surface area contributed by atoms with E-state index in [-0.39, 0.29) is 12.8 Å². The normalized spacial score (nSPS) is 11.7. The molecule has 0 saturated heterocycles. The minimum absolute atomic E-state index is 0.0921. The monoisotopic (exact) mass is 544 g/mol. The summed E-state index contributed by atoms with van der Waals surface area (Å²) in [6, 6.07) is 41.4. The first-order valence-electron chi connectivity index (χ1n) is 12.9. The van der Waals surface area contributed by atoms with Crippen LogP contribution in [0.5, 0.6) is 0 Å². The third-order valence-corrected chi connectivity index (χ3v) is 16.7. The van der Waals surface area contributed by atoms with Crippen LogP contribution in [-0.2, 0) is 9.59 Å². The third-order valence-electron chi connectivity index (χ3n) is 7.28. The molecule has 0 spiro atoms. The van der Waals surface area contributed by atoms with Crippen molar-refractivity contribution >= 4 is 47.7 Å². The van der Waals surface area contributed by atoms with Gasteiger partial charge >= 0.3 is 11.9 Å². The molecule has 2 N–H and O–H groups in total. The van der Waals surface area contributed by atoms with Crippen molar-refractivity contribution in [1.29, 1.82) is 0 Å². The molecule has 4 nitrogen and oxygen atoms in total. The van der Waals surface area contributed by atoms with E-state index in [1.165, 1.54) is 21.2 Å². The Morgan fingerprint density at radius 3 is 0.868 bits per heavy atom. The van der Waals surface area contributed by atoms with Crippen LogP contribution in [0.3, 0.4) is 0 Å². The molecule has 0 unspecified atom stereocenters. The standard InChI is InChI=1S/C32H32O4P2/c33-31(34)21-23-37(27-13-5-1-6-14-27,28-15-7-2-8-16-28)25-26-38(24-22-32(35)36,29-17-9-3-10-18-29)30-19-11-4-12-20-30/h1-20H,21-26H2/p+2. The topological polar surface area (TPSA) is 74.6 Å². The van der Waals surface area contributed by atoms with Crippen molar-refractivity contribution in [3.63, 3.8) is 0 Å². The maximum Gasteiger partial charge on any atom is 0.307 e. The first kappa shape index (κ1) is 27.7. The van der Waals surface area contributed by atoms with E-state index in [9.17, 15) is 19.8 Å². The van der Waals surface area contributed by atoms with Crippen LogP contribution in [0.4, 0.5) is 0 Å². The number of aliphatic carboxylic acids is 2. The number of hydrogen-bond donors (Lipinski definition) is 2. The average molecular weight is 545 g/mol. The minimum Gasteiger partial charge on any atom is -0.481 e. The molecule has 0 amide bonds. The van der Waals surface area contributed by atoms with E-state index >= 15 is 0 Å². The zero-order valence-corrected chi connectivity index (χ0v) is 23.2. The predicted octanol–water partition coefficient (Wildman–Crippen LogP) is 5.27. The fourth-order valence-electron chi connectivity index (χ4n) is 5.32. The molecule has 0 radical (unpaired) electrons. The summed E-state index contributed by atoms with van der Waals surface area (Å²) in [4.78, 5) is 23.8. The molecule has 0 heterocycles.